The van der Waals surface area contributed by atoms with Crippen LogP contribution in [0.1, 0.15) is 6.42 Å². The molecular weight excluding hydrogens is 322 g/mol. The minimum absolute atomic E-state index is 0.0981. The number of ether oxygens (including phenoxy) is 1. The largest absolute Gasteiger partial charge is 0.468 e. The second-order valence-corrected chi connectivity index (χ2v) is 5.51. The van der Waals surface area contributed by atoms with E-state index in [1.165, 1.54) is 16.9 Å². The number of halogens is 1. The number of benzene rings is 1. The summed E-state index contributed by atoms with van der Waals surface area (Å²) in [5.74, 6) is -0.649. The van der Waals surface area contributed by atoms with Crippen molar-refractivity contribution in [2.45, 2.75) is 6.42 Å². The number of anilines is 1. The second kappa shape index (κ2) is 7.82. The van der Waals surface area contributed by atoms with Crippen LogP contribution in [0.25, 0.3) is 0 Å². The Morgan fingerprint density at radius 2 is 2.09 bits per heavy atom. The fraction of sp³-hybridized carbons (Fsp3) is 0.400. The Balaban J connectivity index is 1.95. The first kappa shape index (κ1) is 17.1. The van der Waals surface area contributed by atoms with Crippen LogP contribution in [0.3, 0.4) is 0 Å². The molecule has 1 aliphatic rings. The Hall–Kier alpha value is -2.28. The van der Waals surface area contributed by atoms with Crippen molar-refractivity contribution < 1.29 is 19.1 Å². The zero-order valence-electron chi connectivity index (χ0n) is 12.8. The third kappa shape index (κ3) is 4.85. The summed E-state index contributed by atoms with van der Waals surface area (Å²) in [6.07, 6.45) is 0.167. The van der Waals surface area contributed by atoms with Crippen molar-refractivity contribution in [1.29, 1.82) is 0 Å². The maximum Gasteiger partial charge on any atom is 0.325 e. The number of hydrogen-bond acceptors (Lipinski definition) is 4. The zero-order chi connectivity index (χ0) is 16.8. The van der Waals surface area contributed by atoms with E-state index in [0.717, 1.165) is 0 Å². The van der Waals surface area contributed by atoms with E-state index in [1.54, 1.807) is 24.3 Å². The molecule has 1 N–H and O–H groups in total. The van der Waals surface area contributed by atoms with Gasteiger partial charge < -0.3 is 19.9 Å². The van der Waals surface area contributed by atoms with E-state index in [2.05, 4.69) is 10.1 Å². The topological polar surface area (TPSA) is 79.0 Å². The van der Waals surface area contributed by atoms with E-state index >= 15 is 0 Å². The lowest BCUT2D eigenvalue weighted by atomic mass is 10.3. The number of esters is 1. The first-order chi connectivity index (χ1) is 11.0. The van der Waals surface area contributed by atoms with Gasteiger partial charge in [-0.1, -0.05) is 17.7 Å². The molecule has 1 aliphatic heterocycles. The number of nitrogens with one attached hydrogen (secondary N) is 1. The quantitative estimate of drug-likeness (QED) is 0.848. The first-order valence-electron chi connectivity index (χ1n) is 7.15. The Kier molecular flexibility index (Phi) is 5.81. The van der Waals surface area contributed by atoms with E-state index < -0.39 is 5.97 Å². The molecule has 0 spiro atoms. The molecule has 2 rings (SSSR count). The van der Waals surface area contributed by atoms with Gasteiger partial charge in [-0.3, -0.25) is 9.59 Å². The van der Waals surface area contributed by atoms with Crippen LogP contribution in [-0.4, -0.2) is 61.0 Å². The molecule has 0 aliphatic carbocycles. The molecular formula is C15H18ClN3O4. The highest BCUT2D eigenvalue weighted by atomic mass is 35.5. The summed E-state index contributed by atoms with van der Waals surface area (Å²) in [5.41, 5.74) is 0.587. The maximum absolute atomic E-state index is 12.3. The van der Waals surface area contributed by atoms with Gasteiger partial charge in [-0.05, 0) is 18.2 Å². The number of rotatable bonds is 3. The van der Waals surface area contributed by atoms with E-state index in [1.807, 2.05) is 0 Å². The average molecular weight is 340 g/mol. The maximum atomic E-state index is 12.3. The lowest BCUT2D eigenvalue weighted by Crippen LogP contribution is -2.39. The molecule has 0 saturated carbocycles. The van der Waals surface area contributed by atoms with Gasteiger partial charge in [-0.15, -0.1) is 0 Å². The molecule has 8 heteroatoms. The minimum Gasteiger partial charge on any atom is -0.468 e. The summed E-state index contributed by atoms with van der Waals surface area (Å²) in [4.78, 5) is 38.5. The van der Waals surface area contributed by atoms with Crippen LogP contribution in [0.4, 0.5) is 10.5 Å². The van der Waals surface area contributed by atoms with Crippen LogP contribution in [0.2, 0.25) is 5.02 Å². The van der Waals surface area contributed by atoms with Crippen LogP contribution >= 0.6 is 11.6 Å². The molecule has 23 heavy (non-hydrogen) atoms. The summed E-state index contributed by atoms with van der Waals surface area (Å²) in [6, 6.07) is 6.52. The van der Waals surface area contributed by atoms with Crippen molar-refractivity contribution in [2.24, 2.45) is 0 Å². The van der Waals surface area contributed by atoms with E-state index in [-0.39, 0.29) is 31.4 Å². The first-order valence-corrected chi connectivity index (χ1v) is 7.53. The van der Waals surface area contributed by atoms with Gasteiger partial charge in [0, 0.05) is 36.8 Å². The SMILES string of the molecule is COC(=O)CN1CCN(C(=O)Nc2cccc(Cl)c2)CCC1=O. The molecule has 0 atom stereocenters. The van der Waals surface area contributed by atoms with Crippen molar-refractivity contribution in [2.75, 3.05) is 38.6 Å². The van der Waals surface area contributed by atoms with Gasteiger partial charge in [0.15, 0.2) is 0 Å². The molecule has 1 fully saturated rings. The molecule has 7 nitrogen and oxygen atoms in total. The lowest BCUT2D eigenvalue weighted by Gasteiger charge is -2.21. The fourth-order valence-corrected chi connectivity index (χ4v) is 2.42. The molecule has 1 aromatic rings. The number of hydrogen-bond donors (Lipinski definition) is 1. The van der Waals surface area contributed by atoms with Crippen molar-refractivity contribution in [1.82, 2.24) is 9.80 Å². The fourth-order valence-electron chi connectivity index (χ4n) is 2.23. The molecule has 0 bridgehead atoms. The predicted octanol–water partition coefficient (Wildman–Crippen LogP) is 1.58. The van der Waals surface area contributed by atoms with Crippen LogP contribution in [0.5, 0.6) is 0 Å². The minimum atomic E-state index is -0.477. The highest BCUT2D eigenvalue weighted by molar-refractivity contribution is 6.30. The molecule has 0 unspecified atom stereocenters. The lowest BCUT2D eigenvalue weighted by molar-refractivity contribution is -0.146. The van der Waals surface area contributed by atoms with Gasteiger partial charge in [0.05, 0.1) is 7.11 Å². The third-order valence-corrected chi connectivity index (χ3v) is 3.73. The number of methoxy groups -OCH3 is 1. The van der Waals surface area contributed by atoms with Crippen molar-refractivity contribution in [3.63, 3.8) is 0 Å². The molecule has 1 heterocycles. The van der Waals surface area contributed by atoms with Gasteiger partial charge in [0.25, 0.3) is 0 Å². The average Bonchev–Trinajstić information content (AvgIpc) is 2.70. The van der Waals surface area contributed by atoms with E-state index in [4.69, 9.17) is 11.6 Å². The van der Waals surface area contributed by atoms with Crippen molar-refractivity contribution in [3.05, 3.63) is 29.3 Å². The summed E-state index contributed by atoms with van der Waals surface area (Å²) >= 11 is 5.88. The molecule has 0 radical (unpaired) electrons. The van der Waals surface area contributed by atoms with E-state index in [9.17, 15) is 14.4 Å². The third-order valence-electron chi connectivity index (χ3n) is 3.50. The highest BCUT2D eigenvalue weighted by Crippen LogP contribution is 2.16. The number of urea groups is 1. The standard InChI is InChI=1S/C15H18ClN3O4/c1-23-14(21)10-19-8-7-18(6-5-13(19)20)15(22)17-12-4-2-3-11(16)9-12/h2-4,9H,5-8,10H2,1H3,(H,17,22). The summed E-state index contributed by atoms with van der Waals surface area (Å²) < 4.78 is 4.57. The Morgan fingerprint density at radius 3 is 2.78 bits per heavy atom. The highest BCUT2D eigenvalue weighted by Gasteiger charge is 2.25. The van der Waals surface area contributed by atoms with Crippen molar-refractivity contribution >= 4 is 35.2 Å². The zero-order valence-corrected chi connectivity index (χ0v) is 13.5. The van der Waals surface area contributed by atoms with Gasteiger partial charge in [0.2, 0.25) is 5.91 Å². The summed E-state index contributed by atoms with van der Waals surface area (Å²) in [5, 5.41) is 3.27. The second-order valence-electron chi connectivity index (χ2n) is 5.07. The smallest absolute Gasteiger partial charge is 0.325 e. The molecule has 3 amide bonds. The Labute approximate surface area is 139 Å². The number of amides is 3. The monoisotopic (exact) mass is 339 g/mol. The molecule has 1 saturated heterocycles. The number of carbonyl (C=O) groups excluding carboxylic acids is 3. The van der Waals surface area contributed by atoms with Crippen LogP contribution in [0, 0.1) is 0 Å². The predicted molar refractivity (Wildman–Crippen MR) is 85.3 cm³/mol. The molecule has 1 aromatic carbocycles. The van der Waals surface area contributed by atoms with Gasteiger partial charge in [0.1, 0.15) is 6.54 Å². The normalized spacial score (nSPS) is 15.1. The summed E-state index contributed by atoms with van der Waals surface area (Å²) in [7, 11) is 1.27. The summed E-state index contributed by atoms with van der Waals surface area (Å²) in [6.45, 7) is 0.827. The Morgan fingerprint density at radius 1 is 1.30 bits per heavy atom. The van der Waals surface area contributed by atoms with E-state index in [0.29, 0.717) is 23.8 Å². The number of nitrogens with zero attached hydrogens (tertiary/aromatic N) is 2. The van der Waals surface area contributed by atoms with Crippen LogP contribution in [-0.2, 0) is 14.3 Å². The van der Waals surface area contributed by atoms with Crippen LogP contribution in [0.15, 0.2) is 24.3 Å². The molecule has 0 aromatic heterocycles. The number of carbonyl (C=O) groups is 3. The van der Waals surface area contributed by atoms with Gasteiger partial charge >= 0.3 is 12.0 Å². The molecule has 124 valence electrons. The van der Waals surface area contributed by atoms with Crippen molar-refractivity contribution in [3.8, 4) is 0 Å². The Bertz CT molecular complexity index is 608. The van der Waals surface area contributed by atoms with Crippen LogP contribution < -0.4 is 5.32 Å². The van der Waals surface area contributed by atoms with Gasteiger partial charge in [-0.2, -0.15) is 0 Å². The van der Waals surface area contributed by atoms with Gasteiger partial charge in [-0.25, -0.2) is 4.79 Å².